The molecule has 0 spiro atoms. The van der Waals surface area contributed by atoms with E-state index < -0.39 is 0 Å². The highest BCUT2D eigenvalue weighted by Gasteiger charge is 2.15. The van der Waals surface area contributed by atoms with Gasteiger partial charge >= 0.3 is 0 Å². The lowest BCUT2D eigenvalue weighted by Gasteiger charge is -2.25. The first-order valence-electron chi connectivity index (χ1n) is 7.29. The number of carbonyl (C=O) groups excluding carboxylic acids is 1. The van der Waals surface area contributed by atoms with Crippen molar-refractivity contribution in [2.75, 3.05) is 27.2 Å². The minimum atomic E-state index is -0.270. The zero-order chi connectivity index (χ0) is 15.8. The number of nitrogens with zero attached hydrogens (tertiary/aromatic N) is 2. The van der Waals surface area contributed by atoms with Crippen molar-refractivity contribution in [2.24, 2.45) is 0 Å². The van der Waals surface area contributed by atoms with Crippen LogP contribution in [0.2, 0.25) is 0 Å². The van der Waals surface area contributed by atoms with Gasteiger partial charge in [0.1, 0.15) is 5.82 Å². The maximum atomic E-state index is 13.3. The molecule has 0 atom stereocenters. The summed E-state index contributed by atoms with van der Waals surface area (Å²) >= 11 is 0. The third-order valence-electron chi connectivity index (χ3n) is 3.21. The van der Waals surface area contributed by atoms with Gasteiger partial charge in [-0.25, -0.2) is 4.39 Å². The summed E-state index contributed by atoms with van der Waals surface area (Å²) in [6, 6.07) is 6.42. The van der Waals surface area contributed by atoms with Crippen molar-refractivity contribution in [3.8, 4) is 0 Å². The molecule has 0 saturated heterocycles. The molecule has 0 radical (unpaired) electrons. The first kappa shape index (κ1) is 17.4. The van der Waals surface area contributed by atoms with Crippen LogP contribution in [0.4, 0.5) is 4.39 Å². The van der Waals surface area contributed by atoms with E-state index in [0.29, 0.717) is 13.1 Å². The largest absolute Gasteiger partial charge is 0.333 e. The number of allylic oxidation sites excluding steroid dienone is 1. The maximum Gasteiger partial charge on any atom is 0.249 e. The normalized spacial score (nSPS) is 11.8. The molecule has 1 aromatic rings. The fraction of sp³-hybridized carbons (Fsp3) is 0.471. The number of rotatable bonds is 7. The van der Waals surface area contributed by atoms with Crippen LogP contribution in [0.15, 0.2) is 35.9 Å². The molecule has 0 unspecified atom stereocenters. The van der Waals surface area contributed by atoms with Crippen LogP contribution in [-0.4, -0.2) is 42.9 Å². The zero-order valence-corrected chi connectivity index (χ0v) is 13.4. The van der Waals surface area contributed by atoms with Crippen LogP contribution >= 0.6 is 0 Å². The smallest absolute Gasteiger partial charge is 0.249 e. The number of carbonyl (C=O) groups is 1. The van der Waals surface area contributed by atoms with E-state index in [2.05, 4.69) is 0 Å². The second-order valence-electron chi connectivity index (χ2n) is 5.46. The van der Waals surface area contributed by atoms with Gasteiger partial charge in [-0.3, -0.25) is 4.79 Å². The molecule has 0 N–H and O–H groups in total. The molecule has 3 nitrogen and oxygen atoms in total. The lowest BCUT2D eigenvalue weighted by molar-refractivity contribution is -0.127. The Bertz CT molecular complexity index is 497. The Morgan fingerprint density at radius 3 is 2.57 bits per heavy atom. The van der Waals surface area contributed by atoms with Gasteiger partial charge in [0.2, 0.25) is 5.91 Å². The van der Waals surface area contributed by atoms with Crippen molar-refractivity contribution in [1.29, 1.82) is 0 Å². The molecule has 0 aromatic heterocycles. The summed E-state index contributed by atoms with van der Waals surface area (Å²) in [5.74, 6) is -0.253. The van der Waals surface area contributed by atoms with Crippen molar-refractivity contribution >= 4 is 5.91 Å². The molecular formula is C17H25FN2O. The molecule has 0 saturated carbocycles. The van der Waals surface area contributed by atoms with E-state index in [9.17, 15) is 9.18 Å². The quantitative estimate of drug-likeness (QED) is 0.721. The number of halogens is 1. The highest BCUT2D eigenvalue weighted by Crippen LogP contribution is 2.11. The van der Waals surface area contributed by atoms with Gasteiger partial charge in [0.15, 0.2) is 0 Å². The topological polar surface area (TPSA) is 23.6 Å². The first-order chi connectivity index (χ1) is 9.93. The number of likely N-dealkylation sites (N-methyl/N-ethyl adjacent to an activating group) is 1. The fourth-order valence-electron chi connectivity index (χ4n) is 2.07. The molecule has 1 rings (SSSR count). The van der Waals surface area contributed by atoms with Crippen molar-refractivity contribution < 1.29 is 9.18 Å². The van der Waals surface area contributed by atoms with Gasteiger partial charge in [0.25, 0.3) is 0 Å². The number of amides is 1. The van der Waals surface area contributed by atoms with E-state index in [1.54, 1.807) is 11.0 Å². The molecule has 21 heavy (non-hydrogen) atoms. The summed E-state index contributed by atoms with van der Waals surface area (Å²) in [4.78, 5) is 16.3. The van der Waals surface area contributed by atoms with Crippen molar-refractivity contribution in [2.45, 2.75) is 26.8 Å². The van der Waals surface area contributed by atoms with E-state index in [0.717, 1.165) is 24.1 Å². The molecule has 116 valence electrons. The summed E-state index contributed by atoms with van der Waals surface area (Å²) in [5.41, 5.74) is 1.55. The molecule has 4 heteroatoms. The van der Waals surface area contributed by atoms with E-state index >= 15 is 0 Å². The van der Waals surface area contributed by atoms with E-state index in [-0.39, 0.29) is 11.7 Å². The number of hydrogen-bond donors (Lipinski definition) is 0. The maximum absolute atomic E-state index is 13.3. The Labute approximate surface area is 127 Å². The first-order valence-corrected chi connectivity index (χ1v) is 7.29. The van der Waals surface area contributed by atoms with Crippen LogP contribution in [0, 0.1) is 5.82 Å². The van der Waals surface area contributed by atoms with Crippen LogP contribution in [0.3, 0.4) is 0 Å². The standard InChI is InChI=1S/C17H25FN2O/c1-5-7-14(2)17(21)20(11-10-19(3)4)13-15-8-6-9-16(18)12-15/h6-9,12H,5,10-11,13H2,1-4H3/b14-7-. The molecule has 0 aliphatic rings. The average Bonchev–Trinajstić information content (AvgIpc) is 2.42. The molecule has 0 aliphatic heterocycles. The van der Waals surface area contributed by atoms with Gasteiger partial charge in [-0.15, -0.1) is 0 Å². The second-order valence-corrected chi connectivity index (χ2v) is 5.46. The van der Waals surface area contributed by atoms with Crippen molar-refractivity contribution in [3.63, 3.8) is 0 Å². The minimum absolute atomic E-state index is 0.0166. The zero-order valence-electron chi connectivity index (χ0n) is 13.4. The Morgan fingerprint density at radius 1 is 1.29 bits per heavy atom. The summed E-state index contributed by atoms with van der Waals surface area (Å²) in [6.07, 6.45) is 2.76. The molecule has 0 bridgehead atoms. The highest BCUT2D eigenvalue weighted by atomic mass is 19.1. The van der Waals surface area contributed by atoms with E-state index in [4.69, 9.17) is 0 Å². The van der Waals surface area contributed by atoms with Gasteiger partial charge in [0.05, 0.1) is 0 Å². The lowest BCUT2D eigenvalue weighted by atomic mass is 10.1. The van der Waals surface area contributed by atoms with Crippen LogP contribution in [0.5, 0.6) is 0 Å². The summed E-state index contributed by atoms with van der Waals surface area (Å²) in [7, 11) is 3.94. The molecular weight excluding hydrogens is 267 g/mol. The Morgan fingerprint density at radius 2 is 2.00 bits per heavy atom. The van der Waals surface area contributed by atoms with Gasteiger partial charge in [-0.05, 0) is 45.1 Å². The highest BCUT2D eigenvalue weighted by molar-refractivity contribution is 5.92. The predicted octanol–water partition coefficient (Wildman–Crippen LogP) is 3.07. The summed E-state index contributed by atoms with van der Waals surface area (Å²) in [6.45, 7) is 5.67. The van der Waals surface area contributed by atoms with Crippen LogP contribution < -0.4 is 0 Å². The third kappa shape index (κ3) is 6.08. The number of hydrogen-bond acceptors (Lipinski definition) is 2. The SMILES string of the molecule is CC/C=C(/C)C(=O)N(CCN(C)C)Cc1cccc(F)c1. The second kappa shape index (κ2) is 8.57. The Kier molecular flexibility index (Phi) is 7.09. The Hall–Kier alpha value is -1.68. The van der Waals surface area contributed by atoms with Crippen molar-refractivity contribution in [1.82, 2.24) is 9.80 Å². The predicted molar refractivity (Wildman–Crippen MR) is 84.4 cm³/mol. The summed E-state index contributed by atoms with van der Waals surface area (Å²) < 4.78 is 13.3. The van der Waals surface area contributed by atoms with Crippen molar-refractivity contribution in [3.05, 3.63) is 47.3 Å². The molecule has 0 fully saturated rings. The minimum Gasteiger partial charge on any atom is -0.333 e. The van der Waals surface area contributed by atoms with E-state index in [1.165, 1.54) is 12.1 Å². The van der Waals surface area contributed by atoms with Gasteiger partial charge < -0.3 is 9.80 Å². The molecule has 0 heterocycles. The van der Waals surface area contributed by atoms with E-state index in [1.807, 2.05) is 45.0 Å². The number of benzene rings is 1. The average molecular weight is 292 g/mol. The summed E-state index contributed by atoms with van der Waals surface area (Å²) in [5, 5.41) is 0. The molecule has 1 aromatic carbocycles. The van der Waals surface area contributed by atoms with Gasteiger partial charge in [0, 0.05) is 25.2 Å². The van der Waals surface area contributed by atoms with Crippen LogP contribution in [0.1, 0.15) is 25.8 Å². The van der Waals surface area contributed by atoms with Crippen LogP contribution in [-0.2, 0) is 11.3 Å². The van der Waals surface area contributed by atoms with Gasteiger partial charge in [-0.2, -0.15) is 0 Å². The lowest BCUT2D eigenvalue weighted by Crippen LogP contribution is -2.36. The Balaban J connectivity index is 2.86. The van der Waals surface area contributed by atoms with Crippen LogP contribution in [0.25, 0.3) is 0 Å². The molecule has 1 amide bonds. The molecule has 0 aliphatic carbocycles. The third-order valence-corrected chi connectivity index (χ3v) is 3.21. The van der Waals surface area contributed by atoms with Gasteiger partial charge in [-0.1, -0.05) is 25.1 Å². The fourth-order valence-corrected chi connectivity index (χ4v) is 2.07. The monoisotopic (exact) mass is 292 g/mol.